The van der Waals surface area contributed by atoms with Gasteiger partial charge < -0.3 is 10.1 Å². The van der Waals surface area contributed by atoms with Gasteiger partial charge >= 0.3 is 5.97 Å². The fourth-order valence-electron chi connectivity index (χ4n) is 1.15. The van der Waals surface area contributed by atoms with Crippen molar-refractivity contribution in [2.75, 3.05) is 13.7 Å². The monoisotopic (exact) mass is 275 g/mol. The van der Waals surface area contributed by atoms with Crippen LogP contribution in [0, 0.1) is 0 Å². The molecule has 0 saturated heterocycles. The van der Waals surface area contributed by atoms with Crippen LogP contribution >= 0.6 is 23.2 Å². The molecule has 1 amide bonds. The SMILES string of the molecule is COC(=O)CCNC(=O)c1cccc(Cl)c1Cl. The quantitative estimate of drug-likeness (QED) is 0.858. The zero-order valence-electron chi connectivity index (χ0n) is 9.13. The molecule has 6 heteroatoms. The molecule has 17 heavy (non-hydrogen) atoms. The molecule has 0 radical (unpaired) electrons. The van der Waals surface area contributed by atoms with Gasteiger partial charge in [0.2, 0.25) is 0 Å². The minimum atomic E-state index is -0.387. The molecule has 1 rings (SSSR count). The van der Waals surface area contributed by atoms with Crippen LogP contribution in [0.1, 0.15) is 16.8 Å². The molecular formula is C11H11Cl2NO3. The first-order chi connectivity index (χ1) is 8.06. The molecule has 0 saturated carbocycles. The first-order valence-electron chi connectivity index (χ1n) is 4.85. The topological polar surface area (TPSA) is 55.4 Å². The van der Waals surface area contributed by atoms with Crippen molar-refractivity contribution >= 4 is 35.1 Å². The molecule has 0 heterocycles. The highest BCUT2D eigenvalue weighted by Crippen LogP contribution is 2.25. The smallest absolute Gasteiger partial charge is 0.307 e. The second kappa shape index (κ2) is 6.47. The second-order valence-electron chi connectivity index (χ2n) is 3.18. The van der Waals surface area contributed by atoms with Crippen molar-refractivity contribution in [3.8, 4) is 0 Å². The van der Waals surface area contributed by atoms with Gasteiger partial charge in [-0.15, -0.1) is 0 Å². The van der Waals surface area contributed by atoms with Crippen LogP contribution < -0.4 is 5.32 Å². The van der Waals surface area contributed by atoms with Gasteiger partial charge in [-0.3, -0.25) is 9.59 Å². The number of nitrogens with one attached hydrogen (secondary N) is 1. The Morgan fingerprint density at radius 2 is 2.06 bits per heavy atom. The summed E-state index contributed by atoms with van der Waals surface area (Å²) in [6.45, 7) is 0.189. The zero-order valence-corrected chi connectivity index (χ0v) is 10.6. The maximum atomic E-state index is 11.7. The number of hydrogen-bond donors (Lipinski definition) is 1. The van der Waals surface area contributed by atoms with Gasteiger partial charge in [0, 0.05) is 6.54 Å². The summed E-state index contributed by atoms with van der Waals surface area (Å²) in [5.74, 6) is -0.760. The van der Waals surface area contributed by atoms with Gasteiger partial charge in [0.25, 0.3) is 5.91 Å². The van der Waals surface area contributed by atoms with Crippen LogP contribution in [-0.4, -0.2) is 25.5 Å². The van der Waals surface area contributed by atoms with E-state index in [0.29, 0.717) is 5.02 Å². The predicted molar refractivity (Wildman–Crippen MR) is 65.4 cm³/mol. The van der Waals surface area contributed by atoms with Crippen LogP contribution in [0.4, 0.5) is 0 Å². The van der Waals surface area contributed by atoms with Gasteiger partial charge in [0.15, 0.2) is 0 Å². The summed E-state index contributed by atoms with van der Waals surface area (Å²) in [6, 6.07) is 4.78. The van der Waals surface area contributed by atoms with E-state index in [0.717, 1.165) is 0 Å². The van der Waals surface area contributed by atoms with E-state index in [1.807, 2.05) is 0 Å². The number of esters is 1. The van der Waals surface area contributed by atoms with E-state index in [1.165, 1.54) is 7.11 Å². The molecule has 0 aliphatic carbocycles. The number of benzene rings is 1. The van der Waals surface area contributed by atoms with Crippen molar-refractivity contribution in [3.05, 3.63) is 33.8 Å². The third kappa shape index (κ3) is 3.91. The molecule has 1 aromatic carbocycles. The summed E-state index contributed by atoms with van der Waals surface area (Å²) >= 11 is 11.7. The number of amides is 1. The van der Waals surface area contributed by atoms with E-state index in [-0.39, 0.29) is 35.4 Å². The van der Waals surface area contributed by atoms with Crippen LogP contribution in [-0.2, 0) is 9.53 Å². The van der Waals surface area contributed by atoms with Gasteiger partial charge in [-0.05, 0) is 12.1 Å². The number of rotatable bonds is 4. The first kappa shape index (κ1) is 13.8. The standard InChI is InChI=1S/C11H11Cl2NO3/c1-17-9(15)5-6-14-11(16)7-3-2-4-8(12)10(7)13/h2-4H,5-6H2,1H3,(H,14,16). The molecule has 0 spiro atoms. The van der Waals surface area contributed by atoms with Gasteiger partial charge in [0.1, 0.15) is 0 Å². The fourth-order valence-corrected chi connectivity index (χ4v) is 1.54. The van der Waals surface area contributed by atoms with Gasteiger partial charge in [0.05, 0.1) is 29.1 Å². The van der Waals surface area contributed by atoms with Crippen molar-refractivity contribution in [1.82, 2.24) is 5.32 Å². The Morgan fingerprint density at radius 1 is 1.35 bits per heavy atom. The van der Waals surface area contributed by atoms with Crippen molar-refractivity contribution in [1.29, 1.82) is 0 Å². The minimum absolute atomic E-state index is 0.112. The molecule has 0 fully saturated rings. The van der Waals surface area contributed by atoms with Crippen molar-refractivity contribution < 1.29 is 14.3 Å². The summed E-state index contributed by atoms with van der Waals surface area (Å²) in [7, 11) is 1.29. The molecule has 0 unspecified atom stereocenters. The Hall–Kier alpha value is -1.26. The molecule has 0 bridgehead atoms. The number of methoxy groups -OCH3 is 1. The molecule has 1 N–H and O–H groups in total. The number of hydrogen-bond acceptors (Lipinski definition) is 3. The molecule has 0 aliphatic rings. The fraction of sp³-hybridized carbons (Fsp3) is 0.273. The Kier molecular flexibility index (Phi) is 5.25. The van der Waals surface area contributed by atoms with Crippen LogP contribution in [0.3, 0.4) is 0 Å². The summed E-state index contributed by atoms with van der Waals surface area (Å²) in [5.41, 5.74) is 0.282. The maximum absolute atomic E-state index is 11.7. The molecule has 0 aliphatic heterocycles. The lowest BCUT2D eigenvalue weighted by Gasteiger charge is -2.06. The lowest BCUT2D eigenvalue weighted by Crippen LogP contribution is -2.26. The van der Waals surface area contributed by atoms with Gasteiger partial charge in [-0.1, -0.05) is 29.3 Å². The highest BCUT2D eigenvalue weighted by atomic mass is 35.5. The number of ether oxygens (including phenoxy) is 1. The van der Waals surface area contributed by atoms with Crippen molar-refractivity contribution in [2.45, 2.75) is 6.42 Å². The normalized spacial score (nSPS) is 9.82. The first-order valence-corrected chi connectivity index (χ1v) is 5.61. The van der Waals surface area contributed by atoms with Crippen LogP contribution in [0.15, 0.2) is 18.2 Å². The van der Waals surface area contributed by atoms with Gasteiger partial charge in [-0.2, -0.15) is 0 Å². The van der Waals surface area contributed by atoms with Crippen molar-refractivity contribution in [2.24, 2.45) is 0 Å². The molecule has 0 atom stereocenters. The largest absolute Gasteiger partial charge is 0.469 e. The van der Waals surface area contributed by atoms with E-state index in [4.69, 9.17) is 23.2 Å². The summed E-state index contributed by atoms with van der Waals surface area (Å²) in [4.78, 5) is 22.5. The van der Waals surface area contributed by atoms with E-state index in [2.05, 4.69) is 10.1 Å². The average Bonchev–Trinajstić information content (AvgIpc) is 2.32. The van der Waals surface area contributed by atoms with Crippen molar-refractivity contribution in [3.63, 3.8) is 0 Å². The number of halogens is 2. The summed E-state index contributed by atoms with van der Waals surface area (Å²) in [6.07, 6.45) is 0.112. The molecular weight excluding hydrogens is 265 g/mol. The summed E-state index contributed by atoms with van der Waals surface area (Å²) in [5, 5.41) is 3.06. The second-order valence-corrected chi connectivity index (χ2v) is 3.97. The molecule has 1 aromatic rings. The van der Waals surface area contributed by atoms with E-state index >= 15 is 0 Å². The predicted octanol–water partition coefficient (Wildman–Crippen LogP) is 2.29. The third-order valence-corrected chi connectivity index (χ3v) is 2.86. The lowest BCUT2D eigenvalue weighted by molar-refractivity contribution is -0.140. The molecule has 4 nitrogen and oxygen atoms in total. The summed E-state index contributed by atoms with van der Waals surface area (Å²) < 4.78 is 4.44. The Balaban J connectivity index is 2.59. The molecule has 0 aromatic heterocycles. The Morgan fingerprint density at radius 3 is 2.71 bits per heavy atom. The molecule has 92 valence electrons. The van der Waals surface area contributed by atoms with E-state index < -0.39 is 0 Å². The number of carbonyl (C=O) groups excluding carboxylic acids is 2. The van der Waals surface area contributed by atoms with Crippen LogP contribution in [0.5, 0.6) is 0 Å². The Labute approximate surface area is 109 Å². The average molecular weight is 276 g/mol. The highest BCUT2D eigenvalue weighted by molar-refractivity contribution is 6.43. The lowest BCUT2D eigenvalue weighted by atomic mass is 10.2. The van der Waals surface area contributed by atoms with Crippen LogP contribution in [0.2, 0.25) is 10.0 Å². The Bertz CT molecular complexity index is 435. The number of carbonyl (C=O) groups is 2. The zero-order chi connectivity index (χ0) is 12.8. The maximum Gasteiger partial charge on any atom is 0.307 e. The third-order valence-electron chi connectivity index (χ3n) is 2.04. The van der Waals surface area contributed by atoms with Crippen LogP contribution in [0.25, 0.3) is 0 Å². The van der Waals surface area contributed by atoms with E-state index in [1.54, 1.807) is 18.2 Å². The van der Waals surface area contributed by atoms with Gasteiger partial charge in [-0.25, -0.2) is 0 Å². The van der Waals surface area contributed by atoms with E-state index in [9.17, 15) is 9.59 Å². The highest BCUT2D eigenvalue weighted by Gasteiger charge is 2.12. The minimum Gasteiger partial charge on any atom is -0.469 e.